The zero-order valence-corrected chi connectivity index (χ0v) is 13.8. The Morgan fingerprint density at radius 3 is 2.92 bits per heavy atom. The van der Waals surface area contributed by atoms with Crippen LogP contribution in [0.4, 0.5) is 11.8 Å². The molecule has 3 aromatic heterocycles. The minimum atomic E-state index is 0.283. The van der Waals surface area contributed by atoms with Crippen LogP contribution in [0.25, 0.3) is 16.7 Å². The van der Waals surface area contributed by atoms with Crippen LogP contribution in [0, 0.1) is 0 Å². The quantitative estimate of drug-likeness (QED) is 0.554. The number of benzene rings is 1. The standard InChI is InChI=1S/C17H17N7O/c1-12-10-22(17-19-13-4-2-3-5-14(13)25-17)8-9-23(12)16-7-6-15-20-18-11-24(15)21-16/h2-7,11-12H,8-10H2,1H3/t12-/m1/s1. The van der Waals surface area contributed by atoms with Crippen molar-refractivity contribution in [1.82, 2.24) is 24.8 Å². The minimum Gasteiger partial charge on any atom is -0.423 e. The second-order valence-electron chi connectivity index (χ2n) is 6.28. The van der Waals surface area contributed by atoms with Gasteiger partial charge in [-0.05, 0) is 31.2 Å². The lowest BCUT2D eigenvalue weighted by Crippen LogP contribution is -2.52. The number of aromatic nitrogens is 5. The molecule has 0 saturated carbocycles. The molecule has 1 atom stereocenters. The fourth-order valence-corrected chi connectivity index (χ4v) is 3.34. The van der Waals surface area contributed by atoms with Gasteiger partial charge in [-0.15, -0.1) is 15.3 Å². The van der Waals surface area contributed by atoms with Gasteiger partial charge >= 0.3 is 0 Å². The van der Waals surface area contributed by atoms with Crippen LogP contribution < -0.4 is 9.80 Å². The molecule has 0 unspecified atom stereocenters. The number of oxazole rings is 1. The molecule has 1 aliphatic rings. The van der Waals surface area contributed by atoms with Crippen LogP contribution in [0.1, 0.15) is 6.92 Å². The van der Waals surface area contributed by atoms with E-state index in [1.165, 1.54) is 0 Å². The van der Waals surface area contributed by atoms with Crippen molar-refractivity contribution in [2.45, 2.75) is 13.0 Å². The monoisotopic (exact) mass is 335 g/mol. The highest BCUT2D eigenvalue weighted by Gasteiger charge is 2.27. The molecule has 25 heavy (non-hydrogen) atoms. The lowest BCUT2D eigenvalue weighted by atomic mass is 10.2. The molecule has 0 radical (unpaired) electrons. The Morgan fingerprint density at radius 2 is 2.04 bits per heavy atom. The summed E-state index contributed by atoms with van der Waals surface area (Å²) in [4.78, 5) is 9.09. The summed E-state index contributed by atoms with van der Waals surface area (Å²) in [6.07, 6.45) is 1.62. The molecule has 1 aromatic carbocycles. The van der Waals surface area contributed by atoms with Gasteiger partial charge in [0.25, 0.3) is 6.01 Å². The summed E-state index contributed by atoms with van der Waals surface area (Å²) in [6, 6.07) is 12.8. The molecule has 0 bridgehead atoms. The summed E-state index contributed by atoms with van der Waals surface area (Å²) in [7, 11) is 0. The molecular formula is C17H17N7O. The lowest BCUT2D eigenvalue weighted by Gasteiger charge is -2.39. The minimum absolute atomic E-state index is 0.283. The van der Waals surface area contributed by atoms with Gasteiger partial charge in [0.1, 0.15) is 17.7 Å². The normalized spacial score (nSPS) is 18.4. The SMILES string of the molecule is C[C@@H]1CN(c2nc3ccccc3o2)CCN1c1ccc2nncn2n1. The van der Waals surface area contributed by atoms with E-state index < -0.39 is 0 Å². The van der Waals surface area contributed by atoms with E-state index in [-0.39, 0.29) is 6.04 Å². The third kappa shape index (κ3) is 2.37. The summed E-state index contributed by atoms with van der Waals surface area (Å²) in [6.45, 7) is 4.70. The van der Waals surface area contributed by atoms with Crippen LogP contribution in [-0.2, 0) is 0 Å². The highest BCUT2D eigenvalue weighted by molar-refractivity contribution is 5.74. The van der Waals surface area contributed by atoms with Crippen LogP contribution in [0.15, 0.2) is 47.1 Å². The Morgan fingerprint density at radius 1 is 1.12 bits per heavy atom. The maximum Gasteiger partial charge on any atom is 0.298 e. The Hall–Kier alpha value is -3.16. The zero-order chi connectivity index (χ0) is 16.8. The Kier molecular flexibility index (Phi) is 3.09. The number of rotatable bonds is 2. The highest BCUT2D eigenvalue weighted by atomic mass is 16.4. The predicted molar refractivity (Wildman–Crippen MR) is 93.8 cm³/mol. The Balaban J connectivity index is 1.39. The van der Waals surface area contributed by atoms with E-state index in [0.717, 1.165) is 42.2 Å². The van der Waals surface area contributed by atoms with E-state index in [1.807, 2.05) is 36.4 Å². The molecule has 1 fully saturated rings. The number of hydrogen-bond acceptors (Lipinski definition) is 7. The van der Waals surface area contributed by atoms with Gasteiger partial charge in [0, 0.05) is 25.7 Å². The van der Waals surface area contributed by atoms with Gasteiger partial charge in [-0.25, -0.2) is 0 Å². The molecule has 1 saturated heterocycles. The van der Waals surface area contributed by atoms with E-state index in [4.69, 9.17) is 4.42 Å². The second kappa shape index (κ2) is 5.44. The summed E-state index contributed by atoms with van der Waals surface area (Å²) < 4.78 is 7.61. The van der Waals surface area contributed by atoms with Gasteiger partial charge in [0.05, 0.1) is 0 Å². The van der Waals surface area contributed by atoms with Crippen LogP contribution in [0.2, 0.25) is 0 Å². The van der Waals surface area contributed by atoms with Crippen LogP contribution in [0.3, 0.4) is 0 Å². The molecule has 8 heteroatoms. The summed E-state index contributed by atoms with van der Waals surface area (Å²) in [5.74, 6) is 0.928. The number of nitrogens with zero attached hydrogens (tertiary/aromatic N) is 7. The number of fused-ring (bicyclic) bond motifs is 2. The van der Waals surface area contributed by atoms with Crippen molar-refractivity contribution < 1.29 is 4.42 Å². The largest absolute Gasteiger partial charge is 0.423 e. The molecule has 1 aliphatic heterocycles. The van der Waals surface area contributed by atoms with Gasteiger partial charge in [0.15, 0.2) is 11.2 Å². The zero-order valence-electron chi connectivity index (χ0n) is 13.8. The number of anilines is 2. The van der Waals surface area contributed by atoms with Gasteiger partial charge in [0.2, 0.25) is 0 Å². The van der Waals surface area contributed by atoms with Gasteiger partial charge in [-0.3, -0.25) is 0 Å². The average Bonchev–Trinajstić information content (AvgIpc) is 3.27. The van der Waals surface area contributed by atoms with E-state index >= 15 is 0 Å². The first kappa shape index (κ1) is 14.2. The predicted octanol–water partition coefficient (Wildman–Crippen LogP) is 1.98. The molecule has 4 aromatic rings. The van der Waals surface area contributed by atoms with Crippen LogP contribution >= 0.6 is 0 Å². The van der Waals surface area contributed by atoms with Gasteiger partial charge in [-0.1, -0.05) is 12.1 Å². The van der Waals surface area contributed by atoms with Crippen molar-refractivity contribution in [1.29, 1.82) is 0 Å². The van der Waals surface area contributed by atoms with Gasteiger partial charge in [-0.2, -0.15) is 9.50 Å². The molecule has 4 heterocycles. The smallest absolute Gasteiger partial charge is 0.298 e. The molecule has 0 spiro atoms. The topological polar surface area (TPSA) is 75.6 Å². The van der Waals surface area contributed by atoms with E-state index in [1.54, 1.807) is 10.8 Å². The third-order valence-corrected chi connectivity index (χ3v) is 4.62. The number of para-hydroxylation sites is 2. The fraction of sp³-hybridized carbons (Fsp3) is 0.294. The molecule has 5 rings (SSSR count). The highest BCUT2D eigenvalue weighted by Crippen LogP contribution is 2.25. The van der Waals surface area contributed by atoms with Crippen molar-refractivity contribution in [2.75, 3.05) is 29.4 Å². The van der Waals surface area contributed by atoms with Crippen molar-refractivity contribution in [3.05, 3.63) is 42.7 Å². The van der Waals surface area contributed by atoms with Gasteiger partial charge < -0.3 is 14.2 Å². The summed E-state index contributed by atoms with van der Waals surface area (Å²) in [5, 5.41) is 12.5. The van der Waals surface area contributed by atoms with Crippen molar-refractivity contribution in [3.8, 4) is 0 Å². The summed E-state index contributed by atoms with van der Waals surface area (Å²) in [5.41, 5.74) is 2.47. The van der Waals surface area contributed by atoms with E-state index in [9.17, 15) is 0 Å². The molecule has 126 valence electrons. The first-order valence-electron chi connectivity index (χ1n) is 8.32. The first-order chi connectivity index (χ1) is 12.3. The number of hydrogen-bond donors (Lipinski definition) is 0. The molecule has 8 nitrogen and oxygen atoms in total. The van der Waals surface area contributed by atoms with E-state index in [2.05, 4.69) is 37.0 Å². The number of piperazine rings is 1. The Bertz CT molecular complexity index is 1010. The maximum atomic E-state index is 5.90. The first-order valence-corrected chi connectivity index (χ1v) is 8.32. The fourth-order valence-electron chi connectivity index (χ4n) is 3.34. The average molecular weight is 335 g/mol. The Labute approximate surface area is 143 Å². The second-order valence-corrected chi connectivity index (χ2v) is 6.28. The molecule has 0 aliphatic carbocycles. The maximum absolute atomic E-state index is 5.90. The molecule has 0 amide bonds. The molecular weight excluding hydrogens is 318 g/mol. The summed E-state index contributed by atoms with van der Waals surface area (Å²) >= 11 is 0. The van der Waals surface area contributed by atoms with E-state index in [0.29, 0.717) is 6.01 Å². The van der Waals surface area contributed by atoms with Crippen LogP contribution in [-0.4, -0.2) is 50.5 Å². The third-order valence-electron chi connectivity index (χ3n) is 4.62. The van der Waals surface area contributed by atoms with Crippen LogP contribution in [0.5, 0.6) is 0 Å². The molecule has 0 N–H and O–H groups in total. The van der Waals surface area contributed by atoms with Crippen molar-refractivity contribution in [3.63, 3.8) is 0 Å². The lowest BCUT2D eigenvalue weighted by molar-refractivity contribution is 0.493. The van der Waals surface area contributed by atoms with Crippen molar-refractivity contribution in [2.24, 2.45) is 0 Å². The van der Waals surface area contributed by atoms with Crippen molar-refractivity contribution >= 4 is 28.6 Å².